The number of hydrogen-bond acceptors (Lipinski definition) is 4. The van der Waals surface area contributed by atoms with Gasteiger partial charge in [-0.25, -0.2) is 0 Å². The van der Waals surface area contributed by atoms with Crippen LogP contribution < -0.4 is 15.2 Å². The molecule has 0 spiro atoms. The number of fused-ring (bicyclic) bond motifs is 1. The van der Waals surface area contributed by atoms with Crippen molar-refractivity contribution < 1.29 is 9.47 Å². The van der Waals surface area contributed by atoms with Crippen LogP contribution in [0.25, 0.3) is 0 Å². The zero-order chi connectivity index (χ0) is 11.4. The van der Waals surface area contributed by atoms with E-state index >= 15 is 0 Å². The Balaban J connectivity index is 1.90. The van der Waals surface area contributed by atoms with Crippen LogP contribution in [0.15, 0.2) is 18.2 Å². The maximum Gasteiger partial charge on any atom is 0.231 e. The smallest absolute Gasteiger partial charge is 0.231 e. The molecule has 1 aromatic rings. The minimum Gasteiger partial charge on any atom is -0.454 e. The van der Waals surface area contributed by atoms with Crippen molar-refractivity contribution in [3.05, 3.63) is 23.8 Å². The van der Waals surface area contributed by atoms with Gasteiger partial charge in [0.1, 0.15) is 0 Å². The summed E-state index contributed by atoms with van der Waals surface area (Å²) in [5.41, 5.74) is 6.80. The molecule has 0 amide bonds. The molecule has 0 radical (unpaired) electrons. The molecular formula is C12H17NO2S. The Labute approximate surface area is 100 Å². The van der Waals surface area contributed by atoms with Gasteiger partial charge in [0.2, 0.25) is 6.79 Å². The van der Waals surface area contributed by atoms with Crippen LogP contribution in [0.3, 0.4) is 0 Å². The van der Waals surface area contributed by atoms with Crippen molar-refractivity contribution in [2.75, 3.05) is 13.3 Å². The normalized spacial score (nSPS) is 15.1. The van der Waals surface area contributed by atoms with E-state index in [1.807, 2.05) is 17.8 Å². The predicted octanol–water partition coefficient (Wildman–Crippen LogP) is 2.39. The molecule has 1 unspecified atom stereocenters. The molecule has 1 heterocycles. The molecule has 0 saturated heterocycles. The summed E-state index contributed by atoms with van der Waals surface area (Å²) in [4.78, 5) is 0. The topological polar surface area (TPSA) is 44.5 Å². The second-order valence-electron chi connectivity index (χ2n) is 3.89. The Bertz CT molecular complexity index is 357. The van der Waals surface area contributed by atoms with Crippen molar-refractivity contribution in [3.63, 3.8) is 0 Å². The summed E-state index contributed by atoms with van der Waals surface area (Å²) in [6, 6.07) is 6.13. The van der Waals surface area contributed by atoms with Gasteiger partial charge in [-0.05, 0) is 30.7 Å². The van der Waals surface area contributed by atoms with Crippen LogP contribution in [0.5, 0.6) is 11.5 Å². The molecule has 1 aliphatic rings. The fourth-order valence-electron chi connectivity index (χ4n) is 1.59. The van der Waals surface area contributed by atoms with Gasteiger partial charge in [0.25, 0.3) is 0 Å². The molecule has 16 heavy (non-hydrogen) atoms. The maximum absolute atomic E-state index is 5.52. The van der Waals surface area contributed by atoms with Crippen LogP contribution in [0.1, 0.15) is 18.9 Å². The zero-order valence-corrected chi connectivity index (χ0v) is 10.3. The molecule has 0 bridgehead atoms. The largest absolute Gasteiger partial charge is 0.454 e. The highest BCUT2D eigenvalue weighted by Gasteiger charge is 2.13. The first-order valence-electron chi connectivity index (χ1n) is 5.50. The molecule has 0 aromatic heterocycles. The van der Waals surface area contributed by atoms with Crippen LogP contribution in [0, 0.1) is 0 Å². The van der Waals surface area contributed by atoms with Crippen LogP contribution in [0.2, 0.25) is 0 Å². The molecular weight excluding hydrogens is 222 g/mol. The second kappa shape index (κ2) is 5.46. The van der Waals surface area contributed by atoms with Gasteiger partial charge in [0, 0.05) is 11.0 Å². The fourth-order valence-corrected chi connectivity index (χ4v) is 2.55. The molecule has 88 valence electrons. The summed E-state index contributed by atoms with van der Waals surface area (Å²) in [5, 5.41) is 0.607. The highest BCUT2D eigenvalue weighted by molar-refractivity contribution is 7.99. The van der Waals surface area contributed by atoms with Crippen LogP contribution in [0.4, 0.5) is 0 Å². The third kappa shape index (κ3) is 2.83. The number of ether oxygens (including phenoxy) is 2. The van der Waals surface area contributed by atoms with Crippen molar-refractivity contribution >= 4 is 11.8 Å². The average molecular weight is 239 g/mol. The summed E-state index contributed by atoms with van der Waals surface area (Å²) < 4.78 is 10.6. The van der Waals surface area contributed by atoms with E-state index in [0.29, 0.717) is 12.0 Å². The van der Waals surface area contributed by atoms with Gasteiger partial charge in [-0.3, -0.25) is 0 Å². The van der Waals surface area contributed by atoms with E-state index in [0.717, 1.165) is 30.2 Å². The van der Waals surface area contributed by atoms with Gasteiger partial charge >= 0.3 is 0 Å². The van der Waals surface area contributed by atoms with Gasteiger partial charge in [0.05, 0.1) is 0 Å². The number of hydrogen-bond donors (Lipinski definition) is 1. The summed E-state index contributed by atoms with van der Waals surface area (Å²) >= 11 is 1.92. The molecule has 0 aliphatic carbocycles. The third-order valence-electron chi connectivity index (χ3n) is 2.54. The van der Waals surface area contributed by atoms with E-state index in [1.165, 1.54) is 5.56 Å². The summed E-state index contributed by atoms with van der Waals surface area (Å²) in [7, 11) is 0. The lowest BCUT2D eigenvalue weighted by Crippen LogP contribution is -2.07. The van der Waals surface area contributed by atoms with Crippen molar-refractivity contribution in [1.29, 1.82) is 0 Å². The van der Waals surface area contributed by atoms with E-state index in [1.54, 1.807) is 0 Å². The van der Waals surface area contributed by atoms with Crippen molar-refractivity contribution in [2.45, 2.75) is 24.3 Å². The van der Waals surface area contributed by atoms with Gasteiger partial charge in [0.15, 0.2) is 11.5 Å². The third-order valence-corrected chi connectivity index (χ3v) is 3.85. The average Bonchev–Trinajstić information content (AvgIpc) is 2.74. The van der Waals surface area contributed by atoms with Crippen molar-refractivity contribution in [3.8, 4) is 11.5 Å². The molecule has 2 N–H and O–H groups in total. The highest BCUT2D eigenvalue weighted by Crippen LogP contribution is 2.33. The summed E-state index contributed by atoms with van der Waals surface area (Å²) in [5.74, 6) is 2.71. The number of nitrogens with two attached hydrogens (primary N) is 1. The Kier molecular flexibility index (Phi) is 3.96. The van der Waals surface area contributed by atoms with Crippen LogP contribution >= 0.6 is 11.8 Å². The van der Waals surface area contributed by atoms with Gasteiger partial charge in [-0.15, -0.1) is 0 Å². The Morgan fingerprint density at radius 2 is 2.19 bits per heavy atom. The standard InChI is InChI=1S/C12H17NO2S/c1-9(4-5-13)16-7-10-2-3-11-12(6-10)15-8-14-11/h2-3,6,9H,4-5,7-8,13H2,1H3. The van der Waals surface area contributed by atoms with Crippen LogP contribution in [-0.2, 0) is 5.75 Å². The zero-order valence-electron chi connectivity index (χ0n) is 9.44. The molecule has 3 nitrogen and oxygen atoms in total. The summed E-state index contributed by atoms with van der Waals surface area (Å²) in [6.45, 7) is 3.31. The first-order chi connectivity index (χ1) is 7.79. The Hall–Kier alpha value is -0.870. The SMILES string of the molecule is CC(CCN)SCc1ccc2c(c1)OCO2. The number of benzene rings is 1. The molecule has 2 rings (SSSR count). The van der Waals surface area contributed by atoms with E-state index in [9.17, 15) is 0 Å². The van der Waals surface area contributed by atoms with E-state index in [4.69, 9.17) is 15.2 Å². The lowest BCUT2D eigenvalue weighted by Gasteiger charge is -2.09. The number of thioether (sulfide) groups is 1. The van der Waals surface area contributed by atoms with E-state index < -0.39 is 0 Å². The molecule has 1 aliphatic heterocycles. The van der Waals surface area contributed by atoms with Gasteiger partial charge < -0.3 is 15.2 Å². The molecule has 0 saturated carbocycles. The molecule has 1 aromatic carbocycles. The quantitative estimate of drug-likeness (QED) is 0.857. The van der Waals surface area contributed by atoms with E-state index in [-0.39, 0.29) is 0 Å². The first kappa shape index (κ1) is 11.6. The Morgan fingerprint density at radius 1 is 1.38 bits per heavy atom. The lowest BCUT2D eigenvalue weighted by atomic mass is 10.2. The van der Waals surface area contributed by atoms with Crippen molar-refractivity contribution in [2.24, 2.45) is 5.73 Å². The monoisotopic (exact) mass is 239 g/mol. The minimum absolute atomic E-state index is 0.343. The second-order valence-corrected chi connectivity index (χ2v) is 5.31. The minimum atomic E-state index is 0.343. The van der Waals surface area contributed by atoms with Crippen molar-refractivity contribution in [1.82, 2.24) is 0 Å². The molecule has 4 heteroatoms. The van der Waals surface area contributed by atoms with Crippen LogP contribution in [-0.4, -0.2) is 18.6 Å². The summed E-state index contributed by atoms with van der Waals surface area (Å²) in [6.07, 6.45) is 1.06. The van der Waals surface area contributed by atoms with E-state index in [2.05, 4.69) is 19.1 Å². The van der Waals surface area contributed by atoms with Gasteiger partial charge in [-0.2, -0.15) is 11.8 Å². The molecule has 0 fully saturated rings. The first-order valence-corrected chi connectivity index (χ1v) is 6.54. The lowest BCUT2D eigenvalue weighted by molar-refractivity contribution is 0.174. The number of rotatable bonds is 5. The molecule has 1 atom stereocenters. The predicted molar refractivity (Wildman–Crippen MR) is 67.0 cm³/mol. The maximum atomic E-state index is 5.52. The highest BCUT2D eigenvalue weighted by atomic mass is 32.2. The Morgan fingerprint density at radius 3 is 3.00 bits per heavy atom. The fraction of sp³-hybridized carbons (Fsp3) is 0.500. The van der Waals surface area contributed by atoms with Gasteiger partial charge in [-0.1, -0.05) is 13.0 Å².